The Bertz CT molecular complexity index is 1110. The van der Waals surface area contributed by atoms with Gasteiger partial charge in [-0.15, -0.1) is 0 Å². The van der Waals surface area contributed by atoms with Crippen LogP contribution in [0.2, 0.25) is 0 Å². The molecule has 0 atom stereocenters. The van der Waals surface area contributed by atoms with E-state index in [4.69, 9.17) is 9.94 Å². The zero-order valence-corrected chi connectivity index (χ0v) is 21.0. The highest BCUT2D eigenvalue weighted by molar-refractivity contribution is 5.66. The number of rotatable bonds is 12. The quantitative estimate of drug-likeness (QED) is 0.212. The second-order valence-corrected chi connectivity index (χ2v) is 10.1. The monoisotopic (exact) mass is 516 g/mol. The standard InChI is InChI=1S/C29H35F3N2O3/c1-19(23-10-11-24(17-33-14-13-28(35)36)26(16-23)22-8-9-22)34-37-18-20-7-12-25(21-5-3-2-4-6-21)27(15-20)29(30,31)32/h7,10-12,15-16,21-22,33-34H,1-6,8-9,13-14,17-18H2,(H,35,36). The van der Waals surface area contributed by atoms with E-state index in [9.17, 15) is 18.0 Å². The fourth-order valence-corrected chi connectivity index (χ4v) is 5.11. The van der Waals surface area contributed by atoms with Crippen molar-refractivity contribution in [2.24, 2.45) is 0 Å². The minimum Gasteiger partial charge on any atom is -0.481 e. The van der Waals surface area contributed by atoms with Crippen LogP contribution in [-0.2, 0) is 29.0 Å². The molecule has 0 amide bonds. The summed E-state index contributed by atoms with van der Waals surface area (Å²) in [4.78, 5) is 16.3. The molecule has 200 valence electrons. The number of benzene rings is 2. The Morgan fingerprint density at radius 1 is 1.00 bits per heavy atom. The first-order chi connectivity index (χ1) is 17.7. The summed E-state index contributed by atoms with van der Waals surface area (Å²) in [6, 6.07) is 10.5. The highest BCUT2D eigenvalue weighted by atomic mass is 19.4. The lowest BCUT2D eigenvalue weighted by Gasteiger charge is -2.25. The van der Waals surface area contributed by atoms with Crippen LogP contribution >= 0.6 is 0 Å². The lowest BCUT2D eigenvalue weighted by atomic mass is 9.81. The van der Waals surface area contributed by atoms with E-state index in [1.807, 2.05) is 12.1 Å². The minimum absolute atomic E-state index is 0.0197. The Kier molecular flexibility index (Phi) is 8.92. The van der Waals surface area contributed by atoms with Gasteiger partial charge in [0.05, 0.1) is 24.3 Å². The predicted molar refractivity (Wildman–Crippen MR) is 137 cm³/mol. The molecule has 0 aliphatic heterocycles. The van der Waals surface area contributed by atoms with Gasteiger partial charge >= 0.3 is 12.1 Å². The molecule has 0 unspecified atom stereocenters. The normalized spacial score (nSPS) is 16.5. The number of hydrogen-bond donors (Lipinski definition) is 3. The molecular weight excluding hydrogens is 481 g/mol. The van der Waals surface area contributed by atoms with Gasteiger partial charge in [0.15, 0.2) is 0 Å². The highest BCUT2D eigenvalue weighted by Gasteiger charge is 2.35. The third-order valence-corrected chi connectivity index (χ3v) is 7.24. The fraction of sp³-hybridized carbons (Fsp3) is 0.483. The van der Waals surface area contributed by atoms with Gasteiger partial charge in [-0.2, -0.15) is 13.2 Å². The summed E-state index contributed by atoms with van der Waals surface area (Å²) < 4.78 is 41.5. The van der Waals surface area contributed by atoms with Crippen molar-refractivity contribution in [3.63, 3.8) is 0 Å². The molecule has 2 aromatic rings. The summed E-state index contributed by atoms with van der Waals surface area (Å²) in [5.74, 6) is -0.384. The second-order valence-electron chi connectivity index (χ2n) is 10.1. The lowest BCUT2D eigenvalue weighted by molar-refractivity contribution is -0.139. The number of alkyl halides is 3. The number of hydrogen-bond acceptors (Lipinski definition) is 4. The van der Waals surface area contributed by atoms with Crippen molar-refractivity contribution >= 4 is 11.7 Å². The molecule has 0 radical (unpaired) electrons. The Hall–Kier alpha value is -2.84. The number of nitrogens with one attached hydrogen (secondary N) is 2. The molecule has 0 spiro atoms. The van der Waals surface area contributed by atoms with Gasteiger partial charge in [-0.25, -0.2) is 0 Å². The topological polar surface area (TPSA) is 70.6 Å². The van der Waals surface area contributed by atoms with Crippen LogP contribution in [0.25, 0.3) is 5.70 Å². The van der Waals surface area contributed by atoms with Crippen LogP contribution in [0.5, 0.6) is 0 Å². The van der Waals surface area contributed by atoms with Gasteiger partial charge in [0.25, 0.3) is 0 Å². The molecule has 0 heterocycles. The van der Waals surface area contributed by atoms with Crippen molar-refractivity contribution in [3.05, 3.63) is 76.4 Å². The molecule has 5 nitrogen and oxygen atoms in total. The van der Waals surface area contributed by atoms with Crippen LogP contribution in [0.1, 0.15) is 96.6 Å². The summed E-state index contributed by atoms with van der Waals surface area (Å²) >= 11 is 0. The molecule has 2 fully saturated rings. The molecule has 8 heteroatoms. The summed E-state index contributed by atoms with van der Waals surface area (Å²) in [5, 5.41) is 12.0. The Balaban J connectivity index is 1.36. The molecule has 2 aliphatic carbocycles. The van der Waals surface area contributed by atoms with Crippen LogP contribution in [0.15, 0.2) is 43.0 Å². The van der Waals surface area contributed by atoms with Gasteiger partial charge in [0.2, 0.25) is 0 Å². The van der Waals surface area contributed by atoms with Crippen LogP contribution < -0.4 is 10.8 Å². The summed E-state index contributed by atoms with van der Waals surface area (Å²) in [7, 11) is 0. The summed E-state index contributed by atoms with van der Waals surface area (Å²) in [6.45, 7) is 5.01. The Morgan fingerprint density at radius 3 is 2.41 bits per heavy atom. The zero-order valence-electron chi connectivity index (χ0n) is 21.0. The zero-order chi connectivity index (χ0) is 26.4. The van der Waals surface area contributed by atoms with Gasteiger partial charge in [-0.05, 0) is 77.5 Å². The van der Waals surface area contributed by atoms with Crippen molar-refractivity contribution in [2.45, 2.75) is 82.5 Å². The van der Waals surface area contributed by atoms with Crippen molar-refractivity contribution in [2.75, 3.05) is 6.54 Å². The number of hydroxylamine groups is 1. The maximum Gasteiger partial charge on any atom is 0.416 e. The van der Waals surface area contributed by atoms with E-state index >= 15 is 0 Å². The smallest absolute Gasteiger partial charge is 0.416 e. The van der Waals surface area contributed by atoms with E-state index in [2.05, 4.69) is 23.4 Å². The minimum atomic E-state index is -4.40. The van der Waals surface area contributed by atoms with Crippen LogP contribution in [0, 0.1) is 0 Å². The van der Waals surface area contributed by atoms with Crippen LogP contribution in [0.3, 0.4) is 0 Å². The predicted octanol–water partition coefficient (Wildman–Crippen LogP) is 6.89. The molecule has 0 aromatic heterocycles. The first-order valence-corrected chi connectivity index (χ1v) is 13.0. The molecule has 2 aliphatic rings. The third-order valence-electron chi connectivity index (χ3n) is 7.24. The van der Waals surface area contributed by atoms with Crippen LogP contribution in [0.4, 0.5) is 13.2 Å². The molecular formula is C29H35F3N2O3. The number of aliphatic carboxylic acids is 1. The average Bonchev–Trinajstić information content (AvgIpc) is 3.72. The van der Waals surface area contributed by atoms with E-state index < -0.39 is 17.7 Å². The van der Waals surface area contributed by atoms with Gasteiger partial charge in [0, 0.05) is 13.1 Å². The second kappa shape index (κ2) is 12.1. The van der Waals surface area contributed by atoms with E-state index in [-0.39, 0.29) is 18.9 Å². The number of halogens is 3. The van der Waals surface area contributed by atoms with E-state index in [1.165, 1.54) is 11.6 Å². The van der Waals surface area contributed by atoms with Gasteiger partial charge in [-0.3, -0.25) is 15.1 Å². The average molecular weight is 517 g/mol. The maximum atomic E-state index is 13.8. The van der Waals surface area contributed by atoms with E-state index in [0.717, 1.165) is 56.1 Å². The highest BCUT2D eigenvalue weighted by Crippen LogP contribution is 2.43. The molecule has 4 rings (SSSR count). The first-order valence-electron chi connectivity index (χ1n) is 13.0. The molecule has 2 aromatic carbocycles. The summed E-state index contributed by atoms with van der Waals surface area (Å²) in [5.41, 5.74) is 6.81. The molecule has 3 N–H and O–H groups in total. The van der Waals surface area contributed by atoms with Gasteiger partial charge in [-0.1, -0.05) is 50.1 Å². The van der Waals surface area contributed by atoms with Gasteiger partial charge < -0.3 is 10.4 Å². The van der Waals surface area contributed by atoms with E-state index in [1.54, 1.807) is 12.1 Å². The third kappa shape index (κ3) is 7.58. The molecule has 0 saturated heterocycles. The van der Waals surface area contributed by atoms with Crippen LogP contribution in [-0.4, -0.2) is 17.6 Å². The Labute approximate surface area is 216 Å². The number of carboxylic acid groups (broad SMARTS) is 1. The Morgan fingerprint density at radius 2 is 1.73 bits per heavy atom. The van der Waals surface area contributed by atoms with E-state index in [0.29, 0.717) is 35.8 Å². The molecule has 2 saturated carbocycles. The lowest BCUT2D eigenvalue weighted by Crippen LogP contribution is -2.18. The van der Waals surface area contributed by atoms with Crippen molar-refractivity contribution in [3.8, 4) is 0 Å². The van der Waals surface area contributed by atoms with Gasteiger partial charge in [0.1, 0.15) is 0 Å². The number of carboxylic acids is 1. The maximum absolute atomic E-state index is 13.8. The SMILES string of the molecule is C=C(NOCc1ccc(C2CCCCC2)c(C(F)(F)F)c1)c1ccc(CNCCC(=O)O)c(C2CC2)c1. The largest absolute Gasteiger partial charge is 0.481 e. The fourth-order valence-electron chi connectivity index (χ4n) is 5.11. The van der Waals surface area contributed by atoms with Crippen molar-refractivity contribution in [1.82, 2.24) is 10.8 Å². The number of carbonyl (C=O) groups is 1. The van der Waals surface area contributed by atoms with Crippen molar-refractivity contribution < 1.29 is 27.9 Å². The molecule has 0 bridgehead atoms. The molecule has 37 heavy (non-hydrogen) atoms. The summed E-state index contributed by atoms with van der Waals surface area (Å²) in [6.07, 6.45) is 2.55. The first kappa shape index (κ1) is 27.2. The van der Waals surface area contributed by atoms with Crippen molar-refractivity contribution in [1.29, 1.82) is 0 Å².